The lowest BCUT2D eigenvalue weighted by molar-refractivity contribution is -0.134. The van der Waals surface area contributed by atoms with Crippen LogP contribution < -0.4 is 5.32 Å². The number of piperidine rings is 1. The molecule has 1 fully saturated rings. The van der Waals surface area contributed by atoms with Crippen LogP contribution in [0.5, 0.6) is 0 Å². The SMILES string of the molecule is CC(C)(C)N1CCC(Nc2ncc(C(F)(F)F)s2)CC1. The van der Waals surface area contributed by atoms with Crippen molar-refractivity contribution in [2.75, 3.05) is 18.4 Å². The molecular formula is C13H20F3N3S. The predicted molar refractivity (Wildman–Crippen MR) is 75.1 cm³/mol. The number of likely N-dealkylation sites (tertiary alicyclic amines) is 1. The first-order valence-electron chi connectivity index (χ1n) is 6.71. The molecule has 1 N–H and O–H groups in total. The number of nitrogens with one attached hydrogen (secondary N) is 1. The lowest BCUT2D eigenvalue weighted by atomic mass is 9.98. The normalized spacial score (nSPS) is 19.3. The molecule has 1 saturated heterocycles. The molecule has 0 atom stereocenters. The van der Waals surface area contributed by atoms with Crippen molar-refractivity contribution in [3.05, 3.63) is 11.1 Å². The highest BCUT2D eigenvalue weighted by molar-refractivity contribution is 7.15. The largest absolute Gasteiger partial charge is 0.427 e. The van der Waals surface area contributed by atoms with E-state index in [9.17, 15) is 13.2 Å². The summed E-state index contributed by atoms with van der Waals surface area (Å²) in [4.78, 5) is 5.57. The molecule has 0 aliphatic carbocycles. The smallest absolute Gasteiger partial charge is 0.359 e. The number of halogens is 3. The van der Waals surface area contributed by atoms with E-state index in [-0.39, 0.29) is 11.6 Å². The Bertz CT molecular complexity index is 442. The summed E-state index contributed by atoms with van der Waals surface area (Å²) in [7, 11) is 0. The molecule has 0 saturated carbocycles. The number of rotatable bonds is 2. The van der Waals surface area contributed by atoms with Crippen molar-refractivity contribution in [1.29, 1.82) is 0 Å². The standard InChI is InChI=1S/C13H20F3N3S/c1-12(2,3)19-6-4-9(5-7-19)18-11-17-8-10(20-11)13(14,15)16/h8-9H,4-7H2,1-3H3,(H,17,18). The highest BCUT2D eigenvalue weighted by Crippen LogP contribution is 2.35. The minimum absolute atomic E-state index is 0.148. The Hall–Kier alpha value is -0.820. The van der Waals surface area contributed by atoms with Crippen LogP contribution in [0.25, 0.3) is 0 Å². The molecule has 0 amide bonds. The lowest BCUT2D eigenvalue weighted by Crippen LogP contribution is -2.48. The van der Waals surface area contributed by atoms with Gasteiger partial charge in [-0.15, -0.1) is 0 Å². The van der Waals surface area contributed by atoms with Gasteiger partial charge in [0.1, 0.15) is 4.88 Å². The molecule has 114 valence electrons. The minimum Gasteiger partial charge on any atom is -0.359 e. The number of thiazole rings is 1. The summed E-state index contributed by atoms with van der Waals surface area (Å²) >= 11 is 0.679. The average molecular weight is 307 g/mol. The molecule has 1 aromatic rings. The molecule has 2 heterocycles. The fraction of sp³-hybridized carbons (Fsp3) is 0.769. The zero-order valence-corrected chi connectivity index (χ0v) is 12.7. The Balaban J connectivity index is 1.88. The number of hydrogen-bond acceptors (Lipinski definition) is 4. The van der Waals surface area contributed by atoms with E-state index < -0.39 is 11.1 Å². The van der Waals surface area contributed by atoms with Crippen LogP contribution in [0, 0.1) is 0 Å². The molecule has 0 bridgehead atoms. The summed E-state index contributed by atoms with van der Waals surface area (Å²) in [6, 6.07) is 0.209. The Kier molecular flexibility index (Phi) is 4.30. The van der Waals surface area contributed by atoms with Gasteiger partial charge in [0.05, 0.1) is 6.20 Å². The lowest BCUT2D eigenvalue weighted by Gasteiger charge is -2.41. The monoisotopic (exact) mass is 307 g/mol. The van der Waals surface area contributed by atoms with Gasteiger partial charge < -0.3 is 5.32 Å². The number of hydrogen-bond donors (Lipinski definition) is 1. The second-order valence-electron chi connectivity index (χ2n) is 6.10. The Morgan fingerprint density at radius 2 is 1.85 bits per heavy atom. The average Bonchev–Trinajstić information content (AvgIpc) is 2.77. The molecule has 3 nitrogen and oxygen atoms in total. The molecular weight excluding hydrogens is 287 g/mol. The molecule has 2 rings (SSSR count). The zero-order chi connectivity index (χ0) is 15.0. The molecule has 7 heteroatoms. The van der Waals surface area contributed by atoms with Gasteiger partial charge in [-0.3, -0.25) is 4.90 Å². The molecule has 1 aliphatic rings. The summed E-state index contributed by atoms with van der Waals surface area (Å²) in [5, 5.41) is 3.49. The third-order valence-corrected chi connectivity index (χ3v) is 4.53. The third-order valence-electron chi connectivity index (χ3n) is 3.56. The highest BCUT2D eigenvalue weighted by Gasteiger charge is 2.34. The Labute approximate surface area is 121 Å². The second-order valence-corrected chi connectivity index (χ2v) is 7.13. The fourth-order valence-corrected chi connectivity index (χ4v) is 3.10. The van der Waals surface area contributed by atoms with Gasteiger partial charge in [0.25, 0.3) is 0 Å². The minimum atomic E-state index is -4.30. The van der Waals surface area contributed by atoms with Crippen LogP contribution in [0.1, 0.15) is 38.5 Å². The van der Waals surface area contributed by atoms with Crippen molar-refractivity contribution < 1.29 is 13.2 Å². The first kappa shape index (κ1) is 15.6. The topological polar surface area (TPSA) is 28.2 Å². The molecule has 1 aromatic heterocycles. The number of aromatic nitrogens is 1. The fourth-order valence-electron chi connectivity index (χ4n) is 2.34. The Morgan fingerprint density at radius 1 is 1.25 bits per heavy atom. The maximum atomic E-state index is 12.5. The summed E-state index contributed by atoms with van der Waals surface area (Å²) in [6.45, 7) is 8.45. The van der Waals surface area contributed by atoms with Crippen molar-refractivity contribution in [3.8, 4) is 0 Å². The van der Waals surface area contributed by atoms with Gasteiger partial charge >= 0.3 is 6.18 Å². The van der Waals surface area contributed by atoms with Gasteiger partial charge in [-0.05, 0) is 33.6 Å². The van der Waals surface area contributed by atoms with E-state index in [0.29, 0.717) is 16.5 Å². The zero-order valence-electron chi connectivity index (χ0n) is 11.9. The predicted octanol–water partition coefficient (Wildman–Crippen LogP) is 3.84. The van der Waals surface area contributed by atoms with Crippen LogP contribution >= 0.6 is 11.3 Å². The van der Waals surface area contributed by atoms with E-state index in [0.717, 1.165) is 32.1 Å². The molecule has 0 unspecified atom stereocenters. The number of nitrogens with zero attached hydrogens (tertiary/aromatic N) is 2. The van der Waals surface area contributed by atoms with E-state index in [4.69, 9.17) is 0 Å². The van der Waals surface area contributed by atoms with Crippen molar-refractivity contribution in [3.63, 3.8) is 0 Å². The van der Waals surface area contributed by atoms with Crippen LogP contribution in [0.4, 0.5) is 18.3 Å². The van der Waals surface area contributed by atoms with E-state index in [1.54, 1.807) is 0 Å². The van der Waals surface area contributed by atoms with Gasteiger partial charge in [-0.2, -0.15) is 13.2 Å². The van der Waals surface area contributed by atoms with Gasteiger partial charge in [0, 0.05) is 24.7 Å². The summed E-state index contributed by atoms with van der Waals surface area (Å²) in [6.07, 6.45) is -1.54. The first-order valence-corrected chi connectivity index (χ1v) is 7.52. The quantitative estimate of drug-likeness (QED) is 0.900. The van der Waals surface area contributed by atoms with Crippen molar-refractivity contribution in [1.82, 2.24) is 9.88 Å². The molecule has 20 heavy (non-hydrogen) atoms. The van der Waals surface area contributed by atoms with Gasteiger partial charge in [0.2, 0.25) is 0 Å². The van der Waals surface area contributed by atoms with E-state index in [1.807, 2.05) is 0 Å². The number of anilines is 1. The van der Waals surface area contributed by atoms with Gasteiger partial charge in [0.15, 0.2) is 5.13 Å². The van der Waals surface area contributed by atoms with E-state index >= 15 is 0 Å². The summed E-state index contributed by atoms with van der Waals surface area (Å²) in [5.74, 6) is 0. The van der Waals surface area contributed by atoms with Gasteiger partial charge in [-0.25, -0.2) is 4.98 Å². The van der Waals surface area contributed by atoms with Crippen LogP contribution in [0.3, 0.4) is 0 Å². The van der Waals surface area contributed by atoms with Crippen LogP contribution in [0.2, 0.25) is 0 Å². The van der Waals surface area contributed by atoms with Crippen LogP contribution in [-0.2, 0) is 6.18 Å². The summed E-state index contributed by atoms with van der Waals surface area (Å²) < 4.78 is 37.5. The Morgan fingerprint density at radius 3 is 2.30 bits per heavy atom. The third kappa shape index (κ3) is 3.85. The molecule has 0 radical (unpaired) electrons. The summed E-state index contributed by atoms with van der Waals surface area (Å²) in [5.41, 5.74) is 0.148. The van der Waals surface area contributed by atoms with Gasteiger partial charge in [-0.1, -0.05) is 11.3 Å². The number of alkyl halides is 3. The maximum absolute atomic E-state index is 12.5. The maximum Gasteiger partial charge on any atom is 0.427 e. The highest BCUT2D eigenvalue weighted by atomic mass is 32.1. The van der Waals surface area contributed by atoms with Crippen molar-refractivity contribution >= 4 is 16.5 Å². The van der Waals surface area contributed by atoms with Crippen molar-refractivity contribution in [2.45, 2.75) is 51.4 Å². The second kappa shape index (κ2) is 5.52. The van der Waals surface area contributed by atoms with Crippen molar-refractivity contribution in [2.24, 2.45) is 0 Å². The first-order chi connectivity index (χ1) is 9.16. The van der Waals surface area contributed by atoms with E-state index in [2.05, 4.69) is 36.0 Å². The van der Waals surface area contributed by atoms with Crippen LogP contribution in [-0.4, -0.2) is 34.6 Å². The molecule has 0 aromatic carbocycles. The molecule has 1 aliphatic heterocycles. The van der Waals surface area contributed by atoms with Crippen LogP contribution in [0.15, 0.2) is 6.20 Å². The van der Waals surface area contributed by atoms with E-state index in [1.165, 1.54) is 0 Å². The molecule has 0 spiro atoms.